The maximum atomic E-state index is 11.2. The summed E-state index contributed by atoms with van der Waals surface area (Å²) in [6, 6.07) is 7.46. The standard InChI is InChI=1S/C16H20O4/c17-15(18)10-14(16(19)20)13-8-6-12(7-9-13)11-4-2-1-3-5-11/h6-9,11,14H,1-5,10H2,(H,17,18)(H,19,20)/t14-/m1/s1. The summed E-state index contributed by atoms with van der Waals surface area (Å²) in [7, 11) is 0. The van der Waals surface area contributed by atoms with Gasteiger partial charge in [0.1, 0.15) is 0 Å². The van der Waals surface area contributed by atoms with Crippen LogP contribution in [0.1, 0.15) is 61.5 Å². The summed E-state index contributed by atoms with van der Waals surface area (Å²) in [5.74, 6) is -2.57. The molecule has 4 nitrogen and oxygen atoms in total. The van der Waals surface area contributed by atoms with Gasteiger partial charge >= 0.3 is 11.9 Å². The van der Waals surface area contributed by atoms with Crippen molar-refractivity contribution in [1.29, 1.82) is 0 Å². The zero-order chi connectivity index (χ0) is 14.5. The molecule has 108 valence electrons. The van der Waals surface area contributed by atoms with Gasteiger partial charge in [0.2, 0.25) is 0 Å². The molecule has 1 atom stereocenters. The van der Waals surface area contributed by atoms with Gasteiger partial charge in [-0.25, -0.2) is 0 Å². The van der Waals surface area contributed by atoms with Gasteiger partial charge in [-0.15, -0.1) is 0 Å². The summed E-state index contributed by atoms with van der Waals surface area (Å²) in [6.45, 7) is 0. The fourth-order valence-electron chi connectivity index (χ4n) is 2.96. The lowest BCUT2D eigenvalue weighted by molar-refractivity contribution is -0.145. The number of hydrogen-bond acceptors (Lipinski definition) is 2. The average Bonchev–Trinajstić information content (AvgIpc) is 2.45. The van der Waals surface area contributed by atoms with Crippen molar-refractivity contribution in [3.63, 3.8) is 0 Å². The van der Waals surface area contributed by atoms with Crippen LogP contribution in [0.4, 0.5) is 0 Å². The molecule has 0 radical (unpaired) electrons. The van der Waals surface area contributed by atoms with Gasteiger partial charge in [0.15, 0.2) is 0 Å². The average molecular weight is 276 g/mol. The number of carbonyl (C=O) groups is 2. The lowest BCUT2D eigenvalue weighted by atomic mass is 9.83. The van der Waals surface area contributed by atoms with Crippen molar-refractivity contribution in [3.05, 3.63) is 35.4 Å². The molecule has 1 aromatic rings. The van der Waals surface area contributed by atoms with E-state index >= 15 is 0 Å². The molecule has 1 aliphatic carbocycles. The van der Waals surface area contributed by atoms with Crippen molar-refractivity contribution in [1.82, 2.24) is 0 Å². The Morgan fingerprint density at radius 1 is 1.05 bits per heavy atom. The Labute approximate surface area is 118 Å². The predicted octanol–water partition coefficient (Wildman–Crippen LogP) is 3.38. The highest BCUT2D eigenvalue weighted by Gasteiger charge is 2.23. The van der Waals surface area contributed by atoms with E-state index in [2.05, 4.69) is 0 Å². The number of carboxylic acids is 2. The predicted molar refractivity (Wildman–Crippen MR) is 74.9 cm³/mol. The normalized spacial score (nSPS) is 17.6. The molecule has 0 unspecified atom stereocenters. The molecule has 0 aromatic heterocycles. The first-order chi connectivity index (χ1) is 9.58. The highest BCUT2D eigenvalue weighted by atomic mass is 16.4. The Balaban J connectivity index is 2.12. The van der Waals surface area contributed by atoms with E-state index in [9.17, 15) is 9.59 Å². The van der Waals surface area contributed by atoms with Crippen molar-refractivity contribution >= 4 is 11.9 Å². The van der Waals surface area contributed by atoms with Crippen molar-refractivity contribution in [2.24, 2.45) is 0 Å². The smallest absolute Gasteiger partial charge is 0.311 e. The number of carboxylic acid groups (broad SMARTS) is 2. The summed E-state index contributed by atoms with van der Waals surface area (Å²) in [5, 5.41) is 17.9. The zero-order valence-electron chi connectivity index (χ0n) is 11.4. The number of benzene rings is 1. The van der Waals surface area contributed by atoms with Crippen LogP contribution in [0.2, 0.25) is 0 Å². The van der Waals surface area contributed by atoms with Gasteiger partial charge in [0.25, 0.3) is 0 Å². The van der Waals surface area contributed by atoms with Gasteiger partial charge in [-0.1, -0.05) is 43.5 Å². The first-order valence-electron chi connectivity index (χ1n) is 7.12. The zero-order valence-corrected chi connectivity index (χ0v) is 11.4. The first kappa shape index (κ1) is 14.6. The highest BCUT2D eigenvalue weighted by molar-refractivity contribution is 5.82. The summed E-state index contributed by atoms with van der Waals surface area (Å²) in [6.07, 6.45) is 5.81. The summed E-state index contributed by atoms with van der Waals surface area (Å²) in [4.78, 5) is 21.9. The molecular formula is C16H20O4. The lowest BCUT2D eigenvalue weighted by Crippen LogP contribution is -2.16. The van der Waals surface area contributed by atoms with Gasteiger partial charge in [-0.2, -0.15) is 0 Å². The van der Waals surface area contributed by atoms with Crippen LogP contribution in [-0.4, -0.2) is 22.2 Å². The Hall–Kier alpha value is -1.84. The molecule has 2 N–H and O–H groups in total. The molecule has 2 rings (SSSR count). The molecule has 0 heterocycles. The number of rotatable bonds is 5. The second kappa shape index (κ2) is 6.55. The SMILES string of the molecule is O=C(O)C[C@@H](C(=O)O)c1ccc(C2CCCCC2)cc1. The minimum absolute atomic E-state index is 0.377. The summed E-state index contributed by atoms with van der Waals surface area (Å²) < 4.78 is 0. The lowest BCUT2D eigenvalue weighted by Gasteiger charge is -2.22. The van der Waals surface area contributed by atoms with Gasteiger partial charge in [-0.3, -0.25) is 9.59 Å². The third-order valence-electron chi connectivity index (χ3n) is 4.09. The molecule has 0 aliphatic heterocycles. The van der Waals surface area contributed by atoms with Gasteiger partial charge in [0.05, 0.1) is 12.3 Å². The van der Waals surface area contributed by atoms with Crippen molar-refractivity contribution in [2.45, 2.75) is 50.4 Å². The summed E-state index contributed by atoms with van der Waals surface area (Å²) in [5.41, 5.74) is 1.81. The Morgan fingerprint density at radius 2 is 1.65 bits per heavy atom. The van der Waals surface area contributed by atoms with Gasteiger partial charge in [0, 0.05) is 0 Å². The quantitative estimate of drug-likeness (QED) is 0.864. The Bertz CT molecular complexity index is 472. The van der Waals surface area contributed by atoms with E-state index < -0.39 is 17.9 Å². The van der Waals surface area contributed by atoms with Gasteiger partial charge < -0.3 is 10.2 Å². The van der Waals surface area contributed by atoms with E-state index in [1.807, 2.05) is 12.1 Å². The van der Waals surface area contributed by atoms with E-state index in [0.29, 0.717) is 11.5 Å². The molecule has 1 aliphatic rings. The van der Waals surface area contributed by atoms with E-state index in [1.54, 1.807) is 12.1 Å². The maximum absolute atomic E-state index is 11.2. The Kier molecular flexibility index (Phi) is 4.77. The fourth-order valence-corrected chi connectivity index (χ4v) is 2.96. The largest absolute Gasteiger partial charge is 0.481 e. The second-order valence-corrected chi connectivity index (χ2v) is 5.49. The van der Waals surface area contributed by atoms with Gasteiger partial charge in [-0.05, 0) is 29.9 Å². The van der Waals surface area contributed by atoms with Crippen LogP contribution in [0.25, 0.3) is 0 Å². The van der Waals surface area contributed by atoms with Crippen molar-refractivity contribution < 1.29 is 19.8 Å². The van der Waals surface area contributed by atoms with Crippen LogP contribution in [-0.2, 0) is 9.59 Å². The third kappa shape index (κ3) is 3.59. The van der Waals surface area contributed by atoms with Crippen LogP contribution in [0, 0.1) is 0 Å². The molecule has 0 amide bonds. The van der Waals surface area contributed by atoms with E-state index in [0.717, 1.165) is 0 Å². The highest BCUT2D eigenvalue weighted by Crippen LogP contribution is 2.33. The van der Waals surface area contributed by atoms with E-state index in [4.69, 9.17) is 10.2 Å². The topological polar surface area (TPSA) is 74.6 Å². The first-order valence-corrected chi connectivity index (χ1v) is 7.12. The molecule has 20 heavy (non-hydrogen) atoms. The number of aliphatic carboxylic acids is 2. The summed E-state index contributed by atoms with van der Waals surface area (Å²) >= 11 is 0. The molecule has 4 heteroatoms. The van der Waals surface area contributed by atoms with E-state index in [1.165, 1.54) is 37.7 Å². The molecule has 1 fully saturated rings. The molecule has 1 saturated carbocycles. The monoisotopic (exact) mass is 276 g/mol. The fraction of sp³-hybridized carbons (Fsp3) is 0.500. The van der Waals surface area contributed by atoms with Crippen LogP contribution in [0.5, 0.6) is 0 Å². The molecule has 0 saturated heterocycles. The van der Waals surface area contributed by atoms with Crippen LogP contribution >= 0.6 is 0 Å². The van der Waals surface area contributed by atoms with Crippen LogP contribution < -0.4 is 0 Å². The molecule has 0 spiro atoms. The van der Waals surface area contributed by atoms with Crippen LogP contribution in [0.3, 0.4) is 0 Å². The third-order valence-corrected chi connectivity index (χ3v) is 4.09. The minimum Gasteiger partial charge on any atom is -0.481 e. The second-order valence-electron chi connectivity index (χ2n) is 5.49. The number of hydrogen-bond donors (Lipinski definition) is 2. The van der Waals surface area contributed by atoms with Crippen molar-refractivity contribution in [3.8, 4) is 0 Å². The molecule has 1 aromatic carbocycles. The molecule has 0 bridgehead atoms. The molecular weight excluding hydrogens is 256 g/mol. The maximum Gasteiger partial charge on any atom is 0.311 e. The van der Waals surface area contributed by atoms with Crippen LogP contribution in [0.15, 0.2) is 24.3 Å². The Morgan fingerprint density at radius 3 is 2.15 bits per heavy atom. The van der Waals surface area contributed by atoms with E-state index in [-0.39, 0.29) is 6.42 Å². The van der Waals surface area contributed by atoms with Crippen molar-refractivity contribution in [2.75, 3.05) is 0 Å². The minimum atomic E-state index is -1.09.